The standard InChI is InChI=1S/C13H11N5OS/c1-14-11-7-15-9(6-16-11)12(19)18-13-17-8-4-2-3-5-10(8)20-13/h2-7H,1H3,(H,14,16)(H,17,18,19). The van der Waals surface area contributed by atoms with Gasteiger partial charge in [0.2, 0.25) is 0 Å². The van der Waals surface area contributed by atoms with E-state index in [2.05, 4.69) is 25.6 Å². The number of anilines is 2. The zero-order valence-corrected chi connectivity index (χ0v) is 11.4. The van der Waals surface area contributed by atoms with Crippen LogP contribution in [0.5, 0.6) is 0 Å². The number of aromatic nitrogens is 3. The summed E-state index contributed by atoms with van der Waals surface area (Å²) in [6.07, 6.45) is 2.93. The van der Waals surface area contributed by atoms with Crippen LogP contribution in [0.15, 0.2) is 36.7 Å². The average molecular weight is 285 g/mol. The second-order valence-electron chi connectivity index (χ2n) is 3.98. The molecular formula is C13H11N5OS. The molecule has 0 saturated carbocycles. The second kappa shape index (κ2) is 5.22. The van der Waals surface area contributed by atoms with E-state index >= 15 is 0 Å². The van der Waals surface area contributed by atoms with Crippen molar-refractivity contribution in [3.05, 3.63) is 42.4 Å². The number of fused-ring (bicyclic) bond motifs is 1. The second-order valence-corrected chi connectivity index (χ2v) is 5.01. The lowest BCUT2D eigenvalue weighted by molar-refractivity contribution is 0.102. The molecule has 0 unspecified atom stereocenters. The molecule has 0 bridgehead atoms. The van der Waals surface area contributed by atoms with Crippen LogP contribution in [0.3, 0.4) is 0 Å². The molecule has 20 heavy (non-hydrogen) atoms. The van der Waals surface area contributed by atoms with Crippen molar-refractivity contribution in [3.63, 3.8) is 0 Å². The Morgan fingerprint density at radius 2 is 2.05 bits per heavy atom. The van der Waals surface area contributed by atoms with Crippen LogP contribution in [0.2, 0.25) is 0 Å². The molecule has 0 aliphatic rings. The highest BCUT2D eigenvalue weighted by Gasteiger charge is 2.11. The van der Waals surface area contributed by atoms with Gasteiger partial charge in [0, 0.05) is 7.05 Å². The van der Waals surface area contributed by atoms with Gasteiger partial charge in [0.1, 0.15) is 11.5 Å². The van der Waals surface area contributed by atoms with Crippen molar-refractivity contribution in [2.45, 2.75) is 0 Å². The number of nitrogens with one attached hydrogen (secondary N) is 2. The fourth-order valence-electron chi connectivity index (χ4n) is 1.66. The molecule has 2 heterocycles. The zero-order chi connectivity index (χ0) is 13.9. The molecule has 0 saturated heterocycles. The molecule has 2 aromatic heterocycles. The predicted molar refractivity (Wildman–Crippen MR) is 79.2 cm³/mol. The van der Waals surface area contributed by atoms with Gasteiger partial charge < -0.3 is 5.32 Å². The van der Waals surface area contributed by atoms with Crippen LogP contribution in [-0.2, 0) is 0 Å². The van der Waals surface area contributed by atoms with Crippen LogP contribution in [0.4, 0.5) is 10.9 Å². The molecule has 0 atom stereocenters. The van der Waals surface area contributed by atoms with E-state index in [1.807, 2.05) is 24.3 Å². The molecule has 7 heteroatoms. The van der Waals surface area contributed by atoms with Crippen molar-refractivity contribution in [1.29, 1.82) is 0 Å². The number of hydrogen-bond acceptors (Lipinski definition) is 6. The van der Waals surface area contributed by atoms with Gasteiger partial charge in [-0.3, -0.25) is 10.1 Å². The minimum atomic E-state index is -0.320. The molecule has 6 nitrogen and oxygen atoms in total. The summed E-state index contributed by atoms with van der Waals surface area (Å²) in [5.41, 5.74) is 1.12. The molecule has 100 valence electrons. The molecular weight excluding hydrogens is 274 g/mol. The largest absolute Gasteiger partial charge is 0.372 e. The maximum absolute atomic E-state index is 12.0. The highest BCUT2D eigenvalue weighted by Crippen LogP contribution is 2.25. The van der Waals surface area contributed by atoms with Crippen molar-refractivity contribution in [2.24, 2.45) is 0 Å². The summed E-state index contributed by atoms with van der Waals surface area (Å²) >= 11 is 1.42. The number of amides is 1. The van der Waals surface area contributed by atoms with E-state index in [9.17, 15) is 4.79 Å². The Hall–Kier alpha value is -2.54. The topological polar surface area (TPSA) is 79.8 Å². The number of hydrogen-bond donors (Lipinski definition) is 2. The first-order chi connectivity index (χ1) is 9.76. The van der Waals surface area contributed by atoms with Gasteiger partial charge >= 0.3 is 0 Å². The molecule has 3 aromatic rings. The van der Waals surface area contributed by atoms with Gasteiger partial charge in [0.05, 0.1) is 22.6 Å². The third-order valence-electron chi connectivity index (χ3n) is 2.65. The number of carbonyl (C=O) groups excluding carboxylic acids is 1. The van der Waals surface area contributed by atoms with E-state index in [1.54, 1.807) is 7.05 Å². The van der Waals surface area contributed by atoms with E-state index in [4.69, 9.17) is 0 Å². The molecule has 0 aliphatic carbocycles. The fourth-order valence-corrected chi connectivity index (χ4v) is 2.52. The molecule has 0 fully saturated rings. The highest BCUT2D eigenvalue weighted by atomic mass is 32.1. The van der Waals surface area contributed by atoms with E-state index in [-0.39, 0.29) is 11.6 Å². The SMILES string of the molecule is CNc1cnc(C(=O)Nc2nc3ccccc3s2)cn1. The smallest absolute Gasteiger partial charge is 0.277 e. The lowest BCUT2D eigenvalue weighted by Gasteiger charge is -2.01. The number of carbonyl (C=O) groups is 1. The first-order valence-electron chi connectivity index (χ1n) is 5.93. The predicted octanol–water partition coefficient (Wildman–Crippen LogP) is 2.38. The lowest BCUT2D eigenvalue weighted by Crippen LogP contribution is -2.14. The van der Waals surface area contributed by atoms with Gasteiger partial charge in [-0.25, -0.2) is 15.0 Å². The Kier molecular flexibility index (Phi) is 3.26. The van der Waals surface area contributed by atoms with Gasteiger partial charge in [0.25, 0.3) is 5.91 Å². The van der Waals surface area contributed by atoms with Gasteiger partial charge in [-0.15, -0.1) is 0 Å². The minimum Gasteiger partial charge on any atom is -0.372 e. The third-order valence-corrected chi connectivity index (χ3v) is 3.61. The Bertz CT molecular complexity index is 720. The Balaban J connectivity index is 1.80. The van der Waals surface area contributed by atoms with Gasteiger partial charge in [-0.2, -0.15) is 0 Å². The van der Waals surface area contributed by atoms with Gasteiger partial charge in [-0.05, 0) is 12.1 Å². The van der Waals surface area contributed by atoms with E-state index < -0.39 is 0 Å². The highest BCUT2D eigenvalue weighted by molar-refractivity contribution is 7.22. The minimum absolute atomic E-state index is 0.253. The van der Waals surface area contributed by atoms with Crippen LogP contribution in [0.1, 0.15) is 10.5 Å². The summed E-state index contributed by atoms with van der Waals surface area (Å²) < 4.78 is 1.03. The summed E-state index contributed by atoms with van der Waals surface area (Å²) in [4.78, 5) is 24.5. The van der Waals surface area contributed by atoms with Crippen molar-refractivity contribution < 1.29 is 4.79 Å². The van der Waals surface area contributed by atoms with Crippen molar-refractivity contribution in [1.82, 2.24) is 15.0 Å². The normalized spacial score (nSPS) is 10.4. The third kappa shape index (κ3) is 2.43. The van der Waals surface area contributed by atoms with Crippen LogP contribution in [0.25, 0.3) is 10.2 Å². The number of para-hydroxylation sites is 1. The van der Waals surface area contributed by atoms with Crippen LogP contribution in [0, 0.1) is 0 Å². The monoisotopic (exact) mass is 285 g/mol. The van der Waals surface area contributed by atoms with Crippen molar-refractivity contribution in [2.75, 3.05) is 17.7 Å². The van der Waals surface area contributed by atoms with Crippen LogP contribution in [-0.4, -0.2) is 27.9 Å². The zero-order valence-electron chi connectivity index (χ0n) is 10.6. The quantitative estimate of drug-likeness (QED) is 0.772. The molecule has 1 aromatic carbocycles. The van der Waals surface area contributed by atoms with Gasteiger partial charge in [0.15, 0.2) is 5.13 Å². The molecule has 1 amide bonds. The lowest BCUT2D eigenvalue weighted by atomic mass is 10.3. The van der Waals surface area contributed by atoms with E-state index in [0.29, 0.717) is 10.9 Å². The molecule has 2 N–H and O–H groups in total. The summed E-state index contributed by atoms with van der Waals surface area (Å²) in [7, 11) is 1.74. The number of thiazole rings is 1. The van der Waals surface area contributed by atoms with E-state index in [0.717, 1.165) is 10.2 Å². The number of nitrogens with zero attached hydrogens (tertiary/aromatic N) is 3. The first-order valence-corrected chi connectivity index (χ1v) is 6.74. The maximum Gasteiger partial charge on any atom is 0.277 e. The first kappa shape index (κ1) is 12.5. The molecule has 0 spiro atoms. The molecule has 0 radical (unpaired) electrons. The number of rotatable bonds is 3. The summed E-state index contributed by atoms with van der Waals surface area (Å²) in [6.45, 7) is 0. The van der Waals surface area contributed by atoms with Crippen molar-refractivity contribution >= 4 is 38.4 Å². The Labute approximate surface area is 118 Å². The number of benzene rings is 1. The molecule has 0 aliphatic heterocycles. The summed E-state index contributed by atoms with van der Waals surface area (Å²) in [5.74, 6) is 0.292. The van der Waals surface area contributed by atoms with Crippen LogP contribution >= 0.6 is 11.3 Å². The summed E-state index contributed by atoms with van der Waals surface area (Å²) in [5, 5.41) is 6.13. The Morgan fingerprint density at radius 1 is 1.20 bits per heavy atom. The van der Waals surface area contributed by atoms with Gasteiger partial charge in [-0.1, -0.05) is 23.5 Å². The average Bonchev–Trinajstić information content (AvgIpc) is 2.89. The Morgan fingerprint density at radius 3 is 2.75 bits per heavy atom. The maximum atomic E-state index is 12.0. The van der Waals surface area contributed by atoms with Crippen molar-refractivity contribution in [3.8, 4) is 0 Å². The fraction of sp³-hybridized carbons (Fsp3) is 0.0769. The van der Waals surface area contributed by atoms with E-state index in [1.165, 1.54) is 23.7 Å². The summed E-state index contributed by atoms with van der Waals surface area (Å²) in [6, 6.07) is 7.72. The molecule has 3 rings (SSSR count). The van der Waals surface area contributed by atoms with Crippen LogP contribution < -0.4 is 10.6 Å².